The second kappa shape index (κ2) is 3.30. The molecular weight excluding hydrogens is 186 g/mol. The molecule has 1 saturated carbocycles. The van der Waals surface area contributed by atoms with Crippen LogP contribution in [0.4, 0.5) is 0 Å². The average Bonchev–Trinajstić information content (AvgIpc) is 2.98. The molecule has 0 amide bonds. The molecule has 3 nitrogen and oxygen atoms in total. The van der Waals surface area contributed by atoms with Crippen LogP contribution < -0.4 is 0 Å². The van der Waals surface area contributed by atoms with Crippen molar-refractivity contribution in [1.82, 2.24) is 9.97 Å². The second-order valence-electron chi connectivity index (χ2n) is 5.12. The van der Waals surface area contributed by atoms with Crippen LogP contribution in [0.3, 0.4) is 0 Å². The molecule has 1 aliphatic rings. The number of nitrogens with zero attached hydrogens (tertiary/aromatic N) is 3. The van der Waals surface area contributed by atoms with Crippen molar-refractivity contribution in [2.45, 2.75) is 44.9 Å². The number of hydrogen-bond donors (Lipinski definition) is 0. The first kappa shape index (κ1) is 10.1. The first-order valence-corrected chi connectivity index (χ1v) is 5.29. The predicted molar refractivity (Wildman–Crippen MR) is 57.4 cm³/mol. The average molecular weight is 201 g/mol. The molecular formula is C12H15N3. The van der Waals surface area contributed by atoms with E-state index in [4.69, 9.17) is 5.26 Å². The predicted octanol–water partition coefficient (Wildman–Crippen LogP) is 2.52. The van der Waals surface area contributed by atoms with E-state index in [9.17, 15) is 0 Å². The molecule has 1 fully saturated rings. The maximum absolute atomic E-state index is 9.07. The molecule has 2 rings (SSSR count). The third kappa shape index (κ3) is 1.85. The number of hydrogen-bond acceptors (Lipinski definition) is 3. The van der Waals surface area contributed by atoms with Crippen LogP contribution in [0.15, 0.2) is 6.33 Å². The Kier molecular flexibility index (Phi) is 2.22. The Bertz CT molecular complexity index is 419. The van der Waals surface area contributed by atoms with Gasteiger partial charge in [0.25, 0.3) is 0 Å². The van der Waals surface area contributed by atoms with Crippen LogP contribution in [0, 0.1) is 11.3 Å². The highest BCUT2D eigenvalue weighted by molar-refractivity contribution is 5.41. The molecule has 0 aromatic carbocycles. The van der Waals surface area contributed by atoms with Gasteiger partial charge in [0.2, 0.25) is 0 Å². The van der Waals surface area contributed by atoms with E-state index in [0.717, 1.165) is 11.3 Å². The molecule has 3 heteroatoms. The molecule has 0 N–H and O–H groups in total. The van der Waals surface area contributed by atoms with Crippen LogP contribution in [0.5, 0.6) is 0 Å². The third-order valence-corrected chi connectivity index (χ3v) is 2.70. The number of nitriles is 1. The standard InChI is InChI=1S/C12H15N3/c1-12(2,3)10-9(6-13)14-7-15-11(10)8-4-5-8/h7-8H,4-5H2,1-3H3. The maximum atomic E-state index is 9.07. The van der Waals surface area contributed by atoms with Crippen molar-refractivity contribution in [3.05, 3.63) is 23.3 Å². The van der Waals surface area contributed by atoms with Gasteiger partial charge in [-0.05, 0) is 18.3 Å². The largest absolute Gasteiger partial charge is 0.241 e. The van der Waals surface area contributed by atoms with E-state index in [1.54, 1.807) is 0 Å². The molecule has 1 aliphatic carbocycles. The summed E-state index contributed by atoms with van der Waals surface area (Å²) < 4.78 is 0. The fourth-order valence-corrected chi connectivity index (χ4v) is 1.89. The van der Waals surface area contributed by atoms with Crippen molar-refractivity contribution >= 4 is 0 Å². The summed E-state index contributed by atoms with van der Waals surface area (Å²) in [6.45, 7) is 6.33. The molecule has 1 aromatic rings. The molecule has 0 atom stereocenters. The van der Waals surface area contributed by atoms with Crippen molar-refractivity contribution in [3.63, 3.8) is 0 Å². The molecule has 15 heavy (non-hydrogen) atoms. The first-order chi connectivity index (χ1) is 7.04. The number of rotatable bonds is 1. The third-order valence-electron chi connectivity index (χ3n) is 2.70. The Labute approximate surface area is 90.2 Å². The van der Waals surface area contributed by atoms with E-state index in [1.165, 1.54) is 19.2 Å². The smallest absolute Gasteiger partial charge is 0.147 e. The molecule has 0 spiro atoms. The monoisotopic (exact) mass is 201 g/mol. The summed E-state index contributed by atoms with van der Waals surface area (Å²) in [6.07, 6.45) is 3.91. The van der Waals surface area contributed by atoms with Crippen molar-refractivity contribution in [2.24, 2.45) is 0 Å². The van der Waals surface area contributed by atoms with Crippen LogP contribution in [-0.2, 0) is 5.41 Å². The molecule has 0 bridgehead atoms. The zero-order chi connectivity index (χ0) is 11.1. The van der Waals surface area contributed by atoms with E-state index >= 15 is 0 Å². The number of aromatic nitrogens is 2. The maximum Gasteiger partial charge on any atom is 0.147 e. The quantitative estimate of drug-likeness (QED) is 0.701. The highest BCUT2D eigenvalue weighted by Crippen LogP contribution is 2.43. The minimum atomic E-state index is -0.0513. The lowest BCUT2D eigenvalue weighted by molar-refractivity contribution is 0.571. The van der Waals surface area contributed by atoms with Gasteiger partial charge in [-0.1, -0.05) is 20.8 Å². The molecule has 0 radical (unpaired) electrons. The summed E-state index contributed by atoms with van der Waals surface area (Å²) in [6, 6.07) is 2.17. The van der Waals surface area contributed by atoms with E-state index in [-0.39, 0.29) is 5.41 Å². The van der Waals surface area contributed by atoms with Gasteiger partial charge in [-0.15, -0.1) is 0 Å². The Morgan fingerprint density at radius 1 is 1.33 bits per heavy atom. The highest BCUT2D eigenvalue weighted by atomic mass is 14.9. The minimum absolute atomic E-state index is 0.0513. The van der Waals surface area contributed by atoms with Gasteiger partial charge < -0.3 is 0 Å². The van der Waals surface area contributed by atoms with Crippen LogP contribution >= 0.6 is 0 Å². The normalized spacial score (nSPS) is 16.1. The zero-order valence-corrected chi connectivity index (χ0v) is 9.41. The molecule has 1 aromatic heterocycles. The summed E-state index contributed by atoms with van der Waals surface area (Å²) >= 11 is 0. The fourth-order valence-electron chi connectivity index (χ4n) is 1.89. The summed E-state index contributed by atoms with van der Waals surface area (Å²) in [5.41, 5.74) is 2.62. The van der Waals surface area contributed by atoms with Gasteiger partial charge in [0.15, 0.2) is 0 Å². The van der Waals surface area contributed by atoms with Crippen LogP contribution in [0.1, 0.15) is 56.5 Å². The summed E-state index contributed by atoms with van der Waals surface area (Å²) in [4.78, 5) is 8.42. The van der Waals surface area contributed by atoms with E-state index < -0.39 is 0 Å². The fraction of sp³-hybridized carbons (Fsp3) is 0.583. The van der Waals surface area contributed by atoms with E-state index in [2.05, 4.69) is 36.8 Å². The lowest BCUT2D eigenvalue weighted by Crippen LogP contribution is -2.18. The second-order valence-corrected chi connectivity index (χ2v) is 5.12. The van der Waals surface area contributed by atoms with Gasteiger partial charge in [-0.3, -0.25) is 0 Å². The topological polar surface area (TPSA) is 49.6 Å². The zero-order valence-electron chi connectivity index (χ0n) is 9.41. The van der Waals surface area contributed by atoms with Gasteiger partial charge in [0.05, 0.1) is 5.69 Å². The van der Waals surface area contributed by atoms with Gasteiger partial charge in [0, 0.05) is 11.5 Å². The van der Waals surface area contributed by atoms with Gasteiger partial charge in [0.1, 0.15) is 18.1 Å². The van der Waals surface area contributed by atoms with Gasteiger partial charge in [-0.25, -0.2) is 9.97 Å². The Hall–Kier alpha value is -1.43. The molecule has 0 saturated heterocycles. The SMILES string of the molecule is CC(C)(C)c1c(C#N)ncnc1C1CC1. The van der Waals surface area contributed by atoms with Crippen LogP contribution in [-0.4, -0.2) is 9.97 Å². The molecule has 0 aliphatic heterocycles. The molecule has 78 valence electrons. The lowest BCUT2D eigenvalue weighted by Gasteiger charge is -2.22. The summed E-state index contributed by atoms with van der Waals surface area (Å²) in [5.74, 6) is 0.564. The first-order valence-electron chi connectivity index (χ1n) is 5.29. The molecule has 1 heterocycles. The van der Waals surface area contributed by atoms with Crippen molar-refractivity contribution in [2.75, 3.05) is 0 Å². The Morgan fingerprint density at radius 2 is 2.00 bits per heavy atom. The van der Waals surface area contributed by atoms with Gasteiger partial charge in [-0.2, -0.15) is 5.26 Å². The minimum Gasteiger partial charge on any atom is -0.241 e. The van der Waals surface area contributed by atoms with Crippen molar-refractivity contribution < 1.29 is 0 Å². The van der Waals surface area contributed by atoms with E-state index in [0.29, 0.717) is 11.6 Å². The van der Waals surface area contributed by atoms with Gasteiger partial charge >= 0.3 is 0 Å². The lowest BCUT2D eigenvalue weighted by atomic mass is 9.83. The Balaban J connectivity index is 2.60. The van der Waals surface area contributed by atoms with Crippen LogP contribution in [0.25, 0.3) is 0 Å². The van der Waals surface area contributed by atoms with Crippen molar-refractivity contribution in [1.29, 1.82) is 5.26 Å². The van der Waals surface area contributed by atoms with Crippen LogP contribution in [0.2, 0.25) is 0 Å². The Morgan fingerprint density at radius 3 is 2.47 bits per heavy atom. The van der Waals surface area contributed by atoms with E-state index in [1.807, 2.05) is 0 Å². The highest BCUT2D eigenvalue weighted by Gasteiger charge is 2.33. The summed E-state index contributed by atoms with van der Waals surface area (Å²) in [7, 11) is 0. The van der Waals surface area contributed by atoms with Crippen molar-refractivity contribution in [3.8, 4) is 6.07 Å². The molecule has 0 unspecified atom stereocenters. The summed E-state index contributed by atoms with van der Waals surface area (Å²) in [5, 5.41) is 9.07.